The minimum absolute atomic E-state index is 0.0561. The minimum Gasteiger partial charge on any atom is -0.493 e. The summed E-state index contributed by atoms with van der Waals surface area (Å²) in [5.41, 5.74) is 3.31. The smallest absolute Gasteiger partial charge is 0.226 e. The largest absolute Gasteiger partial charge is 0.493 e. The fourth-order valence-electron chi connectivity index (χ4n) is 2.19. The summed E-state index contributed by atoms with van der Waals surface area (Å²) in [4.78, 5) is 13.7. The first kappa shape index (κ1) is 15.1. The lowest BCUT2D eigenvalue weighted by molar-refractivity contribution is -0.130. The molecule has 0 aliphatic carbocycles. The molecule has 2 aromatic rings. The quantitative estimate of drug-likeness (QED) is 0.888. The van der Waals surface area contributed by atoms with Crippen LogP contribution in [-0.4, -0.2) is 34.7 Å². The van der Waals surface area contributed by atoms with E-state index in [2.05, 4.69) is 16.3 Å². The predicted molar refractivity (Wildman–Crippen MR) is 81.1 cm³/mol. The van der Waals surface area contributed by atoms with Crippen LogP contribution in [0.15, 0.2) is 30.6 Å². The number of aromatic nitrogens is 2. The fourth-order valence-corrected chi connectivity index (χ4v) is 2.19. The summed E-state index contributed by atoms with van der Waals surface area (Å²) in [5, 5.41) is 6.60. The highest BCUT2D eigenvalue weighted by atomic mass is 16.5. The van der Waals surface area contributed by atoms with Crippen molar-refractivity contribution in [3.05, 3.63) is 47.3 Å². The molecule has 0 spiro atoms. The molecule has 0 saturated carbocycles. The Morgan fingerprint density at radius 1 is 1.29 bits per heavy atom. The van der Waals surface area contributed by atoms with E-state index in [1.807, 2.05) is 26.0 Å². The first-order valence-electron chi connectivity index (χ1n) is 6.97. The van der Waals surface area contributed by atoms with E-state index in [1.54, 1.807) is 24.3 Å². The molecule has 1 N–H and O–H groups in total. The number of carbonyl (C=O) groups excluding carboxylic acids is 1. The van der Waals surface area contributed by atoms with Crippen molar-refractivity contribution in [3.8, 4) is 5.75 Å². The number of rotatable bonds is 6. The minimum atomic E-state index is 0.0561. The molecule has 1 heterocycles. The third-order valence-electron chi connectivity index (χ3n) is 3.18. The van der Waals surface area contributed by atoms with Crippen LogP contribution in [0, 0.1) is 13.8 Å². The van der Waals surface area contributed by atoms with Crippen LogP contribution in [0.5, 0.6) is 5.75 Å². The molecule has 5 heteroatoms. The molecular formula is C16H21N3O2. The van der Waals surface area contributed by atoms with Gasteiger partial charge in [0.25, 0.3) is 0 Å². The normalized spacial score (nSPS) is 10.4. The average Bonchev–Trinajstić information content (AvgIpc) is 2.90. The van der Waals surface area contributed by atoms with Crippen molar-refractivity contribution >= 4 is 5.91 Å². The van der Waals surface area contributed by atoms with Crippen molar-refractivity contribution in [2.75, 3.05) is 13.7 Å². The maximum absolute atomic E-state index is 12.0. The number of ether oxygens (including phenoxy) is 1. The molecule has 0 radical (unpaired) electrons. The summed E-state index contributed by atoms with van der Waals surface area (Å²) in [6.45, 7) is 5.00. The zero-order valence-electron chi connectivity index (χ0n) is 12.7. The Bertz CT molecular complexity index is 573. The average molecular weight is 287 g/mol. The summed E-state index contributed by atoms with van der Waals surface area (Å²) in [6.07, 6.45) is 3.87. The Hall–Kier alpha value is -2.30. The van der Waals surface area contributed by atoms with Gasteiger partial charge in [-0.25, -0.2) is 0 Å². The van der Waals surface area contributed by atoms with E-state index in [9.17, 15) is 4.79 Å². The Labute approximate surface area is 124 Å². The Morgan fingerprint density at radius 2 is 2.00 bits per heavy atom. The van der Waals surface area contributed by atoms with Crippen LogP contribution in [0.2, 0.25) is 0 Å². The molecular weight excluding hydrogens is 266 g/mol. The van der Waals surface area contributed by atoms with Crippen LogP contribution >= 0.6 is 0 Å². The second kappa shape index (κ2) is 6.92. The third kappa shape index (κ3) is 4.63. The zero-order chi connectivity index (χ0) is 15.2. The Morgan fingerprint density at radius 3 is 2.62 bits per heavy atom. The highest BCUT2D eigenvalue weighted by Crippen LogP contribution is 2.16. The molecule has 2 rings (SSSR count). The number of aromatic amines is 1. The van der Waals surface area contributed by atoms with Crippen LogP contribution in [-0.2, 0) is 11.3 Å². The lowest BCUT2D eigenvalue weighted by Gasteiger charge is -2.16. The van der Waals surface area contributed by atoms with Crippen molar-refractivity contribution in [2.24, 2.45) is 0 Å². The van der Waals surface area contributed by atoms with Gasteiger partial charge in [-0.3, -0.25) is 9.89 Å². The highest BCUT2D eigenvalue weighted by molar-refractivity contribution is 5.75. The summed E-state index contributed by atoms with van der Waals surface area (Å²) in [6, 6.07) is 6.05. The van der Waals surface area contributed by atoms with Crippen molar-refractivity contribution in [2.45, 2.75) is 26.8 Å². The summed E-state index contributed by atoms with van der Waals surface area (Å²) in [5.74, 6) is 0.873. The van der Waals surface area contributed by atoms with E-state index in [4.69, 9.17) is 4.74 Å². The summed E-state index contributed by atoms with van der Waals surface area (Å²) < 4.78 is 5.66. The topological polar surface area (TPSA) is 58.2 Å². The molecule has 0 aliphatic heterocycles. The lowest BCUT2D eigenvalue weighted by Crippen LogP contribution is -2.27. The number of hydrogen-bond donors (Lipinski definition) is 1. The number of H-pyrrole nitrogens is 1. The molecule has 21 heavy (non-hydrogen) atoms. The zero-order valence-corrected chi connectivity index (χ0v) is 12.7. The van der Waals surface area contributed by atoms with Gasteiger partial charge in [0.15, 0.2) is 0 Å². The first-order chi connectivity index (χ1) is 10.0. The van der Waals surface area contributed by atoms with Crippen molar-refractivity contribution in [3.63, 3.8) is 0 Å². The molecule has 0 bridgehead atoms. The van der Waals surface area contributed by atoms with E-state index < -0.39 is 0 Å². The van der Waals surface area contributed by atoms with E-state index >= 15 is 0 Å². The summed E-state index contributed by atoms with van der Waals surface area (Å²) in [7, 11) is 1.78. The molecule has 5 nitrogen and oxygen atoms in total. The molecule has 0 fully saturated rings. The lowest BCUT2D eigenvalue weighted by atomic mass is 10.1. The van der Waals surface area contributed by atoms with Gasteiger partial charge in [-0.2, -0.15) is 5.10 Å². The number of nitrogens with one attached hydrogen (secondary N) is 1. The molecule has 0 saturated heterocycles. The van der Waals surface area contributed by atoms with Gasteiger partial charge >= 0.3 is 0 Å². The first-order valence-corrected chi connectivity index (χ1v) is 6.97. The maximum Gasteiger partial charge on any atom is 0.226 e. The van der Waals surface area contributed by atoms with Crippen LogP contribution in [0.1, 0.15) is 23.1 Å². The van der Waals surface area contributed by atoms with E-state index in [0.29, 0.717) is 19.6 Å². The maximum atomic E-state index is 12.0. The Balaban J connectivity index is 1.78. The third-order valence-corrected chi connectivity index (χ3v) is 3.18. The standard InChI is InChI=1S/C16H21N3O2/c1-12-6-13(2)8-15(7-12)21-5-4-16(20)19(3)11-14-9-17-18-10-14/h6-10H,4-5,11H2,1-3H3,(H,17,18). The second-order valence-electron chi connectivity index (χ2n) is 5.28. The molecule has 1 aromatic heterocycles. The molecule has 0 aliphatic rings. The molecule has 1 aromatic carbocycles. The highest BCUT2D eigenvalue weighted by Gasteiger charge is 2.10. The number of aryl methyl sites for hydroxylation is 2. The predicted octanol–water partition coefficient (Wildman–Crippen LogP) is 2.45. The Kier molecular flexibility index (Phi) is 4.98. The van der Waals surface area contributed by atoms with Gasteiger partial charge in [-0.1, -0.05) is 6.07 Å². The van der Waals surface area contributed by atoms with Gasteiger partial charge in [0, 0.05) is 25.4 Å². The fraction of sp³-hybridized carbons (Fsp3) is 0.375. The van der Waals surface area contributed by atoms with Crippen LogP contribution in [0.4, 0.5) is 0 Å². The van der Waals surface area contributed by atoms with Crippen molar-refractivity contribution in [1.82, 2.24) is 15.1 Å². The number of nitrogens with zero attached hydrogens (tertiary/aromatic N) is 2. The van der Waals surface area contributed by atoms with Crippen LogP contribution < -0.4 is 4.74 Å². The number of benzene rings is 1. The van der Waals surface area contributed by atoms with Gasteiger partial charge in [-0.05, 0) is 37.1 Å². The van der Waals surface area contributed by atoms with Gasteiger partial charge in [0.05, 0.1) is 19.2 Å². The van der Waals surface area contributed by atoms with Gasteiger partial charge in [0.1, 0.15) is 5.75 Å². The number of carbonyl (C=O) groups is 1. The van der Waals surface area contributed by atoms with E-state index in [0.717, 1.165) is 22.4 Å². The molecule has 112 valence electrons. The van der Waals surface area contributed by atoms with Gasteiger partial charge in [0.2, 0.25) is 5.91 Å². The monoisotopic (exact) mass is 287 g/mol. The molecule has 0 atom stereocenters. The van der Waals surface area contributed by atoms with Gasteiger partial charge < -0.3 is 9.64 Å². The van der Waals surface area contributed by atoms with Crippen LogP contribution in [0.25, 0.3) is 0 Å². The second-order valence-corrected chi connectivity index (χ2v) is 5.28. The summed E-state index contributed by atoms with van der Waals surface area (Å²) >= 11 is 0. The number of hydrogen-bond acceptors (Lipinski definition) is 3. The van der Waals surface area contributed by atoms with Gasteiger partial charge in [-0.15, -0.1) is 0 Å². The van der Waals surface area contributed by atoms with Crippen molar-refractivity contribution < 1.29 is 9.53 Å². The van der Waals surface area contributed by atoms with E-state index in [1.165, 1.54) is 0 Å². The van der Waals surface area contributed by atoms with Crippen LogP contribution in [0.3, 0.4) is 0 Å². The number of amides is 1. The molecule has 0 unspecified atom stereocenters. The molecule has 1 amide bonds. The SMILES string of the molecule is Cc1cc(C)cc(OCCC(=O)N(C)Cc2cn[nH]c2)c1. The van der Waals surface area contributed by atoms with E-state index in [-0.39, 0.29) is 5.91 Å². The van der Waals surface area contributed by atoms with Crippen molar-refractivity contribution in [1.29, 1.82) is 0 Å².